The highest BCUT2D eigenvalue weighted by Crippen LogP contribution is 2.34. The van der Waals surface area contributed by atoms with E-state index in [1.165, 1.54) is 16.8 Å². The summed E-state index contributed by atoms with van der Waals surface area (Å²) in [6.07, 6.45) is 3.38. The molecule has 3 rings (SSSR count). The summed E-state index contributed by atoms with van der Waals surface area (Å²) in [4.78, 5) is 13.1. The highest BCUT2D eigenvalue weighted by Gasteiger charge is 2.32. The second-order valence-corrected chi connectivity index (χ2v) is 7.63. The van der Waals surface area contributed by atoms with E-state index in [-0.39, 0.29) is 5.91 Å². The molecule has 0 aliphatic carbocycles. The third kappa shape index (κ3) is 4.18. The van der Waals surface area contributed by atoms with Crippen LogP contribution in [0, 0.1) is 0 Å². The maximum absolute atomic E-state index is 12.6. The zero-order valence-electron chi connectivity index (χ0n) is 13.2. The van der Waals surface area contributed by atoms with E-state index in [2.05, 4.69) is 21.0 Å². The lowest BCUT2D eigenvalue weighted by atomic mass is 10.2. The van der Waals surface area contributed by atoms with Crippen molar-refractivity contribution >= 4 is 62.4 Å². The monoisotopic (exact) mass is 432 g/mol. The zero-order chi connectivity index (χ0) is 17.8. The minimum atomic E-state index is -0.243. The van der Waals surface area contributed by atoms with Gasteiger partial charge in [0.05, 0.1) is 18.2 Å². The number of hydrazone groups is 1. The Balaban J connectivity index is 1.84. The molecule has 2 aromatic rings. The number of thiocarbonyl (C=S) groups is 1. The van der Waals surface area contributed by atoms with E-state index in [1.807, 2.05) is 48.5 Å². The number of hydrogen-bond donors (Lipinski definition) is 0. The van der Waals surface area contributed by atoms with Gasteiger partial charge in [-0.25, -0.2) is 0 Å². The Kier molecular flexibility index (Phi) is 5.67. The van der Waals surface area contributed by atoms with E-state index in [1.54, 1.807) is 19.4 Å². The van der Waals surface area contributed by atoms with Crippen molar-refractivity contribution in [3.05, 3.63) is 69.0 Å². The summed E-state index contributed by atoms with van der Waals surface area (Å²) in [5.74, 6) is 0.456. The van der Waals surface area contributed by atoms with Gasteiger partial charge in [-0.1, -0.05) is 58.0 Å². The largest absolute Gasteiger partial charge is 0.496 e. The number of amides is 1. The molecule has 1 heterocycles. The molecule has 0 bridgehead atoms. The molecular weight excluding hydrogens is 420 g/mol. The molecule has 7 heteroatoms. The van der Waals surface area contributed by atoms with Crippen molar-refractivity contribution in [1.29, 1.82) is 0 Å². The zero-order valence-corrected chi connectivity index (χ0v) is 16.4. The van der Waals surface area contributed by atoms with E-state index >= 15 is 0 Å². The van der Waals surface area contributed by atoms with Crippen molar-refractivity contribution in [3.63, 3.8) is 0 Å². The number of para-hydroxylation sites is 1. The standard InChI is InChI=1S/C18H13BrN2O2S2/c1-23-15-8-3-2-6-13(15)10-16-17(22)21(18(24)25-16)20-11-12-5-4-7-14(19)9-12/h2-11H,1H3. The van der Waals surface area contributed by atoms with Crippen molar-refractivity contribution in [1.82, 2.24) is 5.01 Å². The molecule has 1 amide bonds. The summed E-state index contributed by atoms with van der Waals surface area (Å²) >= 11 is 9.92. The lowest BCUT2D eigenvalue weighted by Gasteiger charge is -2.06. The molecule has 1 aliphatic rings. The van der Waals surface area contributed by atoms with Gasteiger partial charge in [-0.15, -0.1) is 0 Å². The minimum absolute atomic E-state index is 0.243. The van der Waals surface area contributed by atoms with Crippen LogP contribution in [0.3, 0.4) is 0 Å². The quantitative estimate of drug-likeness (QED) is 0.399. The fourth-order valence-corrected chi connectivity index (χ4v) is 3.78. The van der Waals surface area contributed by atoms with E-state index in [4.69, 9.17) is 17.0 Å². The van der Waals surface area contributed by atoms with Gasteiger partial charge in [-0.3, -0.25) is 4.79 Å². The van der Waals surface area contributed by atoms with Crippen LogP contribution in [0.5, 0.6) is 5.75 Å². The van der Waals surface area contributed by atoms with Gasteiger partial charge in [0.15, 0.2) is 4.32 Å². The van der Waals surface area contributed by atoms with Crippen molar-refractivity contribution < 1.29 is 9.53 Å². The summed E-state index contributed by atoms with van der Waals surface area (Å²) in [6, 6.07) is 15.1. The van der Waals surface area contributed by atoms with Crippen LogP contribution in [-0.2, 0) is 4.79 Å². The van der Waals surface area contributed by atoms with Crippen LogP contribution in [0.4, 0.5) is 0 Å². The molecule has 0 radical (unpaired) electrons. The molecule has 25 heavy (non-hydrogen) atoms. The molecule has 126 valence electrons. The van der Waals surface area contributed by atoms with Gasteiger partial charge in [-0.2, -0.15) is 10.1 Å². The van der Waals surface area contributed by atoms with E-state index < -0.39 is 0 Å². The number of benzene rings is 2. The lowest BCUT2D eigenvalue weighted by molar-refractivity contribution is -0.122. The molecule has 1 aliphatic heterocycles. The molecule has 1 saturated heterocycles. The molecule has 0 N–H and O–H groups in total. The Labute approximate surface area is 163 Å². The number of ether oxygens (including phenoxy) is 1. The van der Waals surface area contributed by atoms with Crippen LogP contribution in [0.25, 0.3) is 6.08 Å². The molecular formula is C18H13BrN2O2S2. The minimum Gasteiger partial charge on any atom is -0.496 e. The molecule has 0 saturated carbocycles. The van der Waals surface area contributed by atoms with Crippen molar-refractivity contribution in [2.24, 2.45) is 5.10 Å². The maximum Gasteiger partial charge on any atom is 0.286 e. The highest BCUT2D eigenvalue weighted by molar-refractivity contribution is 9.10. The predicted octanol–water partition coefficient (Wildman–Crippen LogP) is 4.69. The van der Waals surface area contributed by atoms with Gasteiger partial charge in [0.1, 0.15) is 5.75 Å². The number of halogens is 1. The predicted molar refractivity (Wildman–Crippen MR) is 110 cm³/mol. The third-order valence-corrected chi connectivity index (χ3v) is 5.15. The smallest absolute Gasteiger partial charge is 0.286 e. The van der Waals surface area contributed by atoms with Gasteiger partial charge in [-0.05, 0) is 42.1 Å². The first-order valence-electron chi connectivity index (χ1n) is 7.29. The summed E-state index contributed by atoms with van der Waals surface area (Å²) in [7, 11) is 1.60. The van der Waals surface area contributed by atoms with Crippen LogP contribution in [-0.4, -0.2) is 28.6 Å². The number of thioether (sulfide) groups is 1. The normalized spacial score (nSPS) is 16.2. The molecule has 4 nitrogen and oxygen atoms in total. The lowest BCUT2D eigenvalue weighted by Crippen LogP contribution is -2.22. The molecule has 0 spiro atoms. The Hall–Kier alpha value is -1.96. The topological polar surface area (TPSA) is 41.9 Å². The third-order valence-electron chi connectivity index (χ3n) is 3.37. The SMILES string of the molecule is COc1ccccc1C=C1SC(=S)N(N=Cc2cccc(Br)c2)C1=O. The Morgan fingerprint density at radius 3 is 2.80 bits per heavy atom. The number of hydrogen-bond acceptors (Lipinski definition) is 5. The molecule has 2 aromatic carbocycles. The molecule has 0 aromatic heterocycles. The highest BCUT2D eigenvalue weighted by atomic mass is 79.9. The van der Waals surface area contributed by atoms with Crippen LogP contribution in [0.2, 0.25) is 0 Å². The van der Waals surface area contributed by atoms with Gasteiger partial charge in [0, 0.05) is 10.0 Å². The molecule has 0 unspecified atom stereocenters. The number of rotatable bonds is 4. The maximum atomic E-state index is 12.6. The number of carbonyl (C=O) groups excluding carboxylic acids is 1. The fourth-order valence-electron chi connectivity index (χ4n) is 2.20. The summed E-state index contributed by atoms with van der Waals surface area (Å²) in [5, 5.41) is 5.47. The summed E-state index contributed by atoms with van der Waals surface area (Å²) < 4.78 is 6.66. The molecule has 1 fully saturated rings. The van der Waals surface area contributed by atoms with Gasteiger partial charge in [0.25, 0.3) is 5.91 Å². The Bertz CT molecular complexity index is 896. The second kappa shape index (κ2) is 7.95. The summed E-state index contributed by atoms with van der Waals surface area (Å²) in [5.41, 5.74) is 1.69. The number of nitrogens with zero attached hydrogens (tertiary/aromatic N) is 2. The van der Waals surface area contributed by atoms with Crippen LogP contribution in [0.15, 0.2) is 63.0 Å². The van der Waals surface area contributed by atoms with Crippen molar-refractivity contribution in [2.75, 3.05) is 7.11 Å². The first-order valence-corrected chi connectivity index (χ1v) is 9.31. The fraction of sp³-hybridized carbons (Fsp3) is 0.0556. The van der Waals surface area contributed by atoms with Crippen molar-refractivity contribution in [2.45, 2.75) is 0 Å². The van der Waals surface area contributed by atoms with Gasteiger partial charge in [0.2, 0.25) is 0 Å². The average molecular weight is 433 g/mol. The van der Waals surface area contributed by atoms with Gasteiger partial charge < -0.3 is 4.74 Å². The van der Waals surface area contributed by atoms with Crippen molar-refractivity contribution in [3.8, 4) is 5.75 Å². The second-order valence-electron chi connectivity index (χ2n) is 5.04. The first kappa shape index (κ1) is 17.8. The van der Waals surface area contributed by atoms with E-state index in [9.17, 15) is 4.79 Å². The van der Waals surface area contributed by atoms with E-state index in [0.717, 1.165) is 15.6 Å². The first-order chi connectivity index (χ1) is 12.1. The molecule has 0 atom stereocenters. The van der Waals surface area contributed by atoms with E-state index in [0.29, 0.717) is 15.0 Å². The van der Waals surface area contributed by atoms with Crippen LogP contribution in [0.1, 0.15) is 11.1 Å². The summed E-state index contributed by atoms with van der Waals surface area (Å²) in [6.45, 7) is 0. The average Bonchev–Trinajstić information content (AvgIpc) is 2.87. The van der Waals surface area contributed by atoms with Gasteiger partial charge >= 0.3 is 0 Å². The van der Waals surface area contributed by atoms with Crippen LogP contribution >= 0.6 is 39.9 Å². The van der Waals surface area contributed by atoms with Crippen LogP contribution < -0.4 is 4.74 Å². The number of carbonyl (C=O) groups is 1. The number of methoxy groups -OCH3 is 1. The Morgan fingerprint density at radius 2 is 2.04 bits per heavy atom. The Morgan fingerprint density at radius 1 is 1.24 bits per heavy atom.